The first-order valence-electron chi connectivity index (χ1n) is 8.20. The number of aryl methyl sites for hydroxylation is 1. The van der Waals surface area contributed by atoms with Crippen LogP contribution in [0.25, 0.3) is 0 Å². The number of halogens is 3. The van der Waals surface area contributed by atoms with Crippen LogP contribution in [0.3, 0.4) is 0 Å². The smallest absolute Gasteiger partial charge is 0.382 e. The predicted molar refractivity (Wildman–Crippen MR) is 87.1 cm³/mol. The number of rotatable bonds is 8. The largest absolute Gasteiger partial charge is 0.393 e. The molecule has 4 heteroatoms. The Bertz CT molecular complexity index is 442. The zero-order valence-corrected chi connectivity index (χ0v) is 14.0. The Kier molecular flexibility index (Phi) is 7.24. The van der Waals surface area contributed by atoms with Crippen LogP contribution in [0.5, 0.6) is 0 Å². The molecular formula is C18H28F3N. The molecule has 0 saturated carbocycles. The van der Waals surface area contributed by atoms with Crippen molar-refractivity contribution in [2.75, 3.05) is 5.32 Å². The summed E-state index contributed by atoms with van der Waals surface area (Å²) < 4.78 is 39.3. The quantitative estimate of drug-likeness (QED) is 0.615. The maximum absolute atomic E-state index is 13.1. The molecule has 0 spiro atoms. The number of benzene rings is 1. The van der Waals surface area contributed by atoms with Crippen molar-refractivity contribution in [2.24, 2.45) is 11.8 Å². The second-order valence-corrected chi connectivity index (χ2v) is 6.28. The van der Waals surface area contributed by atoms with Gasteiger partial charge in [0.2, 0.25) is 0 Å². The van der Waals surface area contributed by atoms with E-state index >= 15 is 0 Å². The highest BCUT2D eigenvalue weighted by molar-refractivity contribution is 5.46. The molecule has 1 N–H and O–H groups in total. The van der Waals surface area contributed by atoms with Gasteiger partial charge in [-0.1, -0.05) is 52.7 Å². The number of hydrogen-bond donors (Lipinski definition) is 1. The molecule has 0 saturated heterocycles. The van der Waals surface area contributed by atoms with E-state index in [0.717, 1.165) is 30.5 Å². The third-order valence-electron chi connectivity index (χ3n) is 4.29. The van der Waals surface area contributed by atoms with Gasteiger partial charge in [0.1, 0.15) is 0 Å². The van der Waals surface area contributed by atoms with Gasteiger partial charge in [-0.15, -0.1) is 0 Å². The highest BCUT2D eigenvalue weighted by Crippen LogP contribution is 2.33. The summed E-state index contributed by atoms with van der Waals surface area (Å²) in [6.07, 6.45) is -0.793. The lowest BCUT2D eigenvalue weighted by molar-refractivity contribution is -0.174. The first-order valence-corrected chi connectivity index (χ1v) is 8.20. The summed E-state index contributed by atoms with van der Waals surface area (Å²) in [5.41, 5.74) is 1.95. The molecule has 0 aliphatic rings. The summed E-state index contributed by atoms with van der Waals surface area (Å²) in [6, 6.07) is 7.16. The zero-order valence-electron chi connectivity index (χ0n) is 14.0. The highest BCUT2D eigenvalue weighted by atomic mass is 19.4. The molecule has 0 heterocycles. The van der Waals surface area contributed by atoms with Crippen molar-refractivity contribution in [3.8, 4) is 0 Å². The lowest BCUT2D eigenvalue weighted by Crippen LogP contribution is -2.38. The van der Waals surface area contributed by atoms with E-state index in [2.05, 4.69) is 12.2 Å². The summed E-state index contributed by atoms with van der Waals surface area (Å²) in [5, 5.41) is 3.13. The molecule has 22 heavy (non-hydrogen) atoms. The van der Waals surface area contributed by atoms with Crippen molar-refractivity contribution in [2.45, 2.75) is 65.6 Å². The standard InChI is InChI=1S/C18H28F3N/c1-5-8-15-9-7-10-16(12-15)22-17(11-13(3)6-2)14(4)18(19,20)21/h7,9-10,12-14,17,22H,5-6,8,11H2,1-4H3/t13?,14?,17-/m1/s1. The maximum Gasteiger partial charge on any atom is 0.393 e. The number of nitrogens with one attached hydrogen (secondary N) is 1. The lowest BCUT2D eigenvalue weighted by Gasteiger charge is -2.30. The number of alkyl halides is 3. The zero-order chi connectivity index (χ0) is 16.8. The topological polar surface area (TPSA) is 12.0 Å². The third-order valence-corrected chi connectivity index (χ3v) is 4.29. The van der Waals surface area contributed by atoms with E-state index in [0.29, 0.717) is 6.42 Å². The Morgan fingerprint density at radius 2 is 1.82 bits per heavy atom. The average molecular weight is 315 g/mol. The van der Waals surface area contributed by atoms with Crippen molar-refractivity contribution in [1.82, 2.24) is 0 Å². The molecule has 0 aliphatic carbocycles. The van der Waals surface area contributed by atoms with Crippen LogP contribution in [0.2, 0.25) is 0 Å². The van der Waals surface area contributed by atoms with Crippen LogP contribution in [-0.4, -0.2) is 12.2 Å². The fourth-order valence-electron chi connectivity index (χ4n) is 2.54. The molecule has 1 rings (SSSR count). The molecule has 0 bridgehead atoms. The van der Waals surface area contributed by atoms with Crippen LogP contribution in [-0.2, 0) is 6.42 Å². The number of hydrogen-bond acceptors (Lipinski definition) is 1. The van der Waals surface area contributed by atoms with Gasteiger partial charge in [0, 0.05) is 11.7 Å². The minimum atomic E-state index is -4.17. The van der Waals surface area contributed by atoms with E-state index in [1.807, 2.05) is 38.1 Å². The van der Waals surface area contributed by atoms with Crippen LogP contribution in [0.1, 0.15) is 52.5 Å². The van der Waals surface area contributed by atoms with Crippen molar-refractivity contribution in [1.29, 1.82) is 0 Å². The van der Waals surface area contributed by atoms with Crippen molar-refractivity contribution in [3.63, 3.8) is 0 Å². The molecule has 0 radical (unpaired) electrons. The van der Waals surface area contributed by atoms with Crippen molar-refractivity contribution in [3.05, 3.63) is 29.8 Å². The van der Waals surface area contributed by atoms with Gasteiger partial charge in [-0.25, -0.2) is 0 Å². The van der Waals surface area contributed by atoms with Gasteiger partial charge >= 0.3 is 6.18 Å². The van der Waals surface area contributed by atoms with Gasteiger partial charge in [-0.3, -0.25) is 0 Å². The van der Waals surface area contributed by atoms with E-state index < -0.39 is 18.1 Å². The van der Waals surface area contributed by atoms with Gasteiger partial charge in [0.25, 0.3) is 0 Å². The van der Waals surface area contributed by atoms with E-state index in [4.69, 9.17) is 0 Å². The van der Waals surface area contributed by atoms with Crippen molar-refractivity contribution >= 4 is 5.69 Å². The summed E-state index contributed by atoms with van der Waals surface area (Å²) in [7, 11) is 0. The molecule has 1 aromatic rings. The Morgan fingerprint density at radius 1 is 1.14 bits per heavy atom. The molecule has 3 atom stereocenters. The number of anilines is 1. The van der Waals surface area contributed by atoms with Crippen LogP contribution in [0.4, 0.5) is 18.9 Å². The molecule has 1 nitrogen and oxygen atoms in total. The van der Waals surface area contributed by atoms with E-state index in [9.17, 15) is 13.2 Å². The average Bonchev–Trinajstić information content (AvgIpc) is 2.45. The second-order valence-electron chi connectivity index (χ2n) is 6.28. The molecule has 126 valence electrons. The molecule has 0 aromatic heterocycles. The molecule has 0 fully saturated rings. The van der Waals surface area contributed by atoms with E-state index in [1.54, 1.807) is 0 Å². The second kappa shape index (κ2) is 8.44. The summed E-state index contributed by atoms with van der Waals surface area (Å²) in [6.45, 7) is 7.39. The van der Waals surface area contributed by atoms with Gasteiger partial charge in [0.05, 0.1) is 5.92 Å². The Hall–Kier alpha value is -1.19. The molecular weight excluding hydrogens is 287 g/mol. The van der Waals surface area contributed by atoms with Crippen LogP contribution in [0.15, 0.2) is 24.3 Å². The fraction of sp³-hybridized carbons (Fsp3) is 0.667. The fourth-order valence-corrected chi connectivity index (χ4v) is 2.54. The third kappa shape index (κ3) is 5.90. The Morgan fingerprint density at radius 3 is 2.36 bits per heavy atom. The summed E-state index contributed by atoms with van der Waals surface area (Å²) in [5.74, 6) is -1.10. The molecule has 1 aromatic carbocycles. The SMILES string of the molecule is CCCc1cccc(N[C@H](CC(C)CC)C(C)C(F)(F)F)c1. The minimum Gasteiger partial charge on any atom is -0.382 e. The Balaban J connectivity index is 2.89. The minimum absolute atomic E-state index is 0.265. The van der Waals surface area contributed by atoms with Gasteiger partial charge in [0.15, 0.2) is 0 Å². The molecule has 0 aliphatic heterocycles. The van der Waals surface area contributed by atoms with Crippen LogP contribution in [0, 0.1) is 11.8 Å². The Labute approximate surface area is 132 Å². The first-order chi connectivity index (χ1) is 10.3. The van der Waals surface area contributed by atoms with E-state index in [-0.39, 0.29) is 5.92 Å². The van der Waals surface area contributed by atoms with Gasteiger partial charge in [-0.2, -0.15) is 13.2 Å². The van der Waals surface area contributed by atoms with Crippen molar-refractivity contribution < 1.29 is 13.2 Å². The van der Waals surface area contributed by atoms with Crippen LogP contribution >= 0.6 is 0 Å². The van der Waals surface area contributed by atoms with Gasteiger partial charge in [-0.05, 0) is 36.5 Å². The first kappa shape index (κ1) is 18.9. The molecule has 2 unspecified atom stereocenters. The van der Waals surface area contributed by atoms with Crippen LogP contribution < -0.4 is 5.32 Å². The lowest BCUT2D eigenvalue weighted by atomic mass is 9.90. The highest BCUT2D eigenvalue weighted by Gasteiger charge is 2.41. The normalized spacial score (nSPS) is 16.1. The monoisotopic (exact) mass is 315 g/mol. The maximum atomic E-state index is 13.1. The summed E-state index contributed by atoms with van der Waals surface area (Å²) >= 11 is 0. The van der Waals surface area contributed by atoms with E-state index in [1.165, 1.54) is 6.92 Å². The summed E-state index contributed by atoms with van der Waals surface area (Å²) in [4.78, 5) is 0. The van der Waals surface area contributed by atoms with Gasteiger partial charge < -0.3 is 5.32 Å². The predicted octanol–water partition coefficient (Wildman–Crippen LogP) is 6.05. The molecule has 0 amide bonds.